The van der Waals surface area contributed by atoms with Crippen molar-refractivity contribution in [1.29, 1.82) is 0 Å². The Morgan fingerprint density at radius 2 is 0.578 bits per heavy atom. The molecular weight excluding hydrogens is 1020 g/mol. The van der Waals surface area contributed by atoms with Crippen LogP contribution in [0.3, 0.4) is 0 Å². The molecule has 3 N–H and O–H groups in total. The van der Waals surface area contributed by atoms with Crippen LogP contribution in [0.4, 0.5) is 0 Å². The van der Waals surface area contributed by atoms with Crippen LogP contribution < -0.4 is 5.32 Å². The van der Waals surface area contributed by atoms with E-state index in [1.807, 2.05) is 0 Å². The summed E-state index contributed by atoms with van der Waals surface area (Å²) in [4.78, 5) is 24.6. The van der Waals surface area contributed by atoms with Gasteiger partial charge >= 0.3 is 5.97 Å². The number of esters is 1. The normalized spacial score (nSPS) is 12.5. The molecule has 0 aliphatic carbocycles. The molecule has 1 amide bonds. The number of carbonyl (C=O) groups is 2. The number of rotatable bonds is 73. The van der Waals surface area contributed by atoms with Crippen LogP contribution in [0.15, 0.2) is 12.2 Å². The fraction of sp³-hybridized carbons (Fsp3) is 0.948. The van der Waals surface area contributed by atoms with E-state index in [1.165, 1.54) is 366 Å². The highest BCUT2D eigenvalue weighted by molar-refractivity contribution is 5.76. The molecule has 0 radical (unpaired) electrons. The molecule has 0 aromatic rings. The molecule has 0 saturated heterocycles. The van der Waals surface area contributed by atoms with Crippen molar-refractivity contribution in [3.63, 3.8) is 0 Å². The number of aliphatic hydroxyl groups is 2. The molecule has 0 heterocycles. The molecule has 2 atom stereocenters. The molecule has 0 rings (SSSR count). The minimum Gasteiger partial charge on any atom is -0.466 e. The van der Waals surface area contributed by atoms with E-state index in [4.69, 9.17) is 4.74 Å². The Morgan fingerprint density at radius 3 is 0.892 bits per heavy atom. The van der Waals surface area contributed by atoms with Crippen molar-refractivity contribution in [3.05, 3.63) is 12.2 Å². The topological polar surface area (TPSA) is 95.9 Å². The summed E-state index contributed by atoms with van der Waals surface area (Å²) in [5, 5.41) is 23.4. The van der Waals surface area contributed by atoms with E-state index >= 15 is 0 Å². The van der Waals surface area contributed by atoms with Gasteiger partial charge in [-0.15, -0.1) is 0 Å². The van der Waals surface area contributed by atoms with E-state index in [0.29, 0.717) is 25.9 Å². The summed E-state index contributed by atoms with van der Waals surface area (Å²) in [7, 11) is 0. The van der Waals surface area contributed by atoms with E-state index in [2.05, 4.69) is 31.3 Å². The van der Waals surface area contributed by atoms with Gasteiger partial charge in [-0.1, -0.05) is 398 Å². The van der Waals surface area contributed by atoms with Crippen LogP contribution in [0.25, 0.3) is 0 Å². The first-order valence-corrected chi connectivity index (χ1v) is 38.4. The fourth-order valence-corrected chi connectivity index (χ4v) is 12.5. The Labute approximate surface area is 520 Å². The molecule has 6 heteroatoms. The minimum atomic E-state index is -0.660. The first-order valence-electron chi connectivity index (χ1n) is 38.4. The van der Waals surface area contributed by atoms with Crippen molar-refractivity contribution in [2.45, 2.75) is 456 Å². The monoisotopic (exact) mass is 1170 g/mol. The number of unbranched alkanes of at least 4 members (excludes halogenated alkanes) is 60. The predicted molar refractivity (Wildman–Crippen MR) is 366 cm³/mol. The number of nitrogens with one attached hydrogen (secondary N) is 1. The van der Waals surface area contributed by atoms with Gasteiger partial charge in [0.2, 0.25) is 5.91 Å². The van der Waals surface area contributed by atoms with Crippen LogP contribution in [0.5, 0.6) is 0 Å². The predicted octanol–water partition coefficient (Wildman–Crippen LogP) is 25.1. The van der Waals surface area contributed by atoms with E-state index < -0.39 is 12.1 Å². The highest BCUT2D eigenvalue weighted by Crippen LogP contribution is 2.20. The van der Waals surface area contributed by atoms with Gasteiger partial charge in [0.1, 0.15) is 0 Å². The molecule has 0 aliphatic rings. The summed E-state index contributed by atoms with van der Waals surface area (Å²) >= 11 is 0. The Kier molecular flexibility index (Phi) is 71.8. The van der Waals surface area contributed by atoms with Crippen LogP contribution in [0.1, 0.15) is 444 Å². The van der Waals surface area contributed by atoms with Gasteiger partial charge in [-0.05, 0) is 44.9 Å². The van der Waals surface area contributed by atoms with E-state index in [9.17, 15) is 19.8 Å². The van der Waals surface area contributed by atoms with Crippen molar-refractivity contribution in [1.82, 2.24) is 5.32 Å². The first-order chi connectivity index (χ1) is 41.0. The molecular formula is C77H151NO5. The molecule has 6 nitrogen and oxygen atoms in total. The average molecular weight is 1170 g/mol. The van der Waals surface area contributed by atoms with E-state index in [-0.39, 0.29) is 18.5 Å². The molecule has 0 fully saturated rings. The van der Waals surface area contributed by atoms with Crippen LogP contribution in [-0.4, -0.2) is 47.4 Å². The van der Waals surface area contributed by atoms with Crippen LogP contribution in [0, 0.1) is 0 Å². The molecule has 2 unspecified atom stereocenters. The second-order valence-electron chi connectivity index (χ2n) is 26.7. The maximum atomic E-state index is 12.5. The van der Waals surface area contributed by atoms with Gasteiger partial charge < -0.3 is 20.3 Å². The lowest BCUT2D eigenvalue weighted by Crippen LogP contribution is -2.45. The Balaban J connectivity index is 3.30. The lowest BCUT2D eigenvalue weighted by molar-refractivity contribution is -0.143. The third-order valence-corrected chi connectivity index (χ3v) is 18.3. The molecule has 0 bridgehead atoms. The highest BCUT2D eigenvalue weighted by Gasteiger charge is 2.20. The fourth-order valence-electron chi connectivity index (χ4n) is 12.5. The number of hydrogen-bond acceptors (Lipinski definition) is 5. The molecule has 0 aliphatic heterocycles. The van der Waals surface area contributed by atoms with Crippen LogP contribution in [-0.2, 0) is 14.3 Å². The third kappa shape index (κ3) is 69.6. The minimum absolute atomic E-state index is 0.0131. The number of hydrogen-bond donors (Lipinski definition) is 3. The van der Waals surface area contributed by atoms with E-state index in [0.717, 1.165) is 44.9 Å². The maximum absolute atomic E-state index is 12.5. The lowest BCUT2D eigenvalue weighted by atomic mass is 10.0. The summed E-state index contributed by atoms with van der Waals surface area (Å²) in [6.07, 6.45) is 91.6. The summed E-state index contributed by atoms with van der Waals surface area (Å²) in [6.45, 7) is 4.96. The lowest BCUT2D eigenvalue weighted by Gasteiger charge is -2.22. The molecule has 0 aromatic carbocycles. The largest absolute Gasteiger partial charge is 0.466 e. The quantitative estimate of drug-likeness (QED) is 0.0320. The summed E-state index contributed by atoms with van der Waals surface area (Å²) < 4.78 is 5.47. The SMILES string of the molecule is CCCC/C=C\CCCCCCCC(=O)OCCCCCCCCCCCCCCCCCCCCCCCCCCCCCCCCCCCCCCCC(=O)NC(CO)C(O)CCCCCCCCCCCCCCCCCCCC. The molecule has 0 saturated carbocycles. The standard InChI is InChI=1S/C77H151NO5/c1-3-5-7-9-11-13-15-16-17-18-40-43-46-50-53-57-61-65-69-75(80)74(73-79)78-76(81)70-66-62-58-54-51-47-44-41-38-36-34-32-30-28-26-24-22-20-19-21-23-25-27-29-31-33-35-37-39-42-45-48-52-56-60-64-68-72-83-77(82)71-67-63-59-55-49-14-12-10-8-6-4-2/h10,12,74-75,79-80H,3-9,11,13-73H2,1-2H3,(H,78,81)/b12-10-. The average Bonchev–Trinajstić information content (AvgIpc) is 3.49. The maximum Gasteiger partial charge on any atom is 0.305 e. The zero-order valence-electron chi connectivity index (χ0n) is 56.7. The summed E-state index contributed by atoms with van der Waals surface area (Å²) in [6, 6.07) is -0.537. The second kappa shape index (κ2) is 73.1. The molecule has 0 aromatic heterocycles. The van der Waals surface area contributed by atoms with Crippen molar-refractivity contribution in [2.75, 3.05) is 13.2 Å². The zero-order valence-corrected chi connectivity index (χ0v) is 56.7. The van der Waals surface area contributed by atoms with Gasteiger partial charge in [0.05, 0.1) is 25.4 Å². The van der Waals surface area contributed by atoms with Crippen molar-refractivity contribution < 1.29 is 24.5 Å². The Bertz CT molecular complexity index is 1260. The first kappa shape index (κ1) is 81.6. The molecule has 0 spiro atoms. The summed E-state index contributed by atoms with van der Waals surface area (Å²) in [5.74, 6) is -0.0113. The van der Waals surface area contributed by atoms with Crippen molar-refractivity contribution in [3.8, 4) is 0 Å². The number of allylic oxidation sites excluding steroid dienone is 2. The highest BCUT2D eigenvalue weighted by atomic mass is 16.5. The summed E-state index contributed by atoms with van der Waals surface area (Å²) in [5.41, 5.74) is 0. The zero-order chi connectivity index (χ0) is 59.9. The Morgan fingerprint density at radius 1 is 0.325 bits per heavy atom. The smallest absolute Gasteiger partial charge is 0.305 e. The van der Waals surface area contributed by atoms with Crippen molar-refractivity contribution in [2.24, 2.45) is 0 Å². The molecule has 494 valence electrons. The van der Waals surface area contributed by atoms with Gasteiger partial charge in [-0.25, -0.2) is 0 Å². The number of aliphatic hydroxyl groups excluding tert-OH is 2. The van der Waals surface area contributed by atoms with Gasteiger partial charge in [0, 0.05) is 12.8 Å². The number of carbonyl (C=O) groups excluding carboxylic acids is 2. The second-order valence-corrected chi connectivity index (χ2v) is 26.7. The van der Waals surface area contributed by atoms with Crippen LogP contribution in [0.2, 0.25) is 0 Å². The van der Waals surface area contributed by atoms with Crippen molar-refractivity contribution >= 4 is 11.9 Å². The van der Waals surface area contributed by atoms with Gasteiger partial charge in [0.25, 0.3) is 0 Å². The van der Waals surface area contributed by atoms with Crippen LogP contribution >= 0.6 is 0 Å². The van der Waals surface area contributed by atoms with Gasteiger partial charge in [0.15, 0.2) is 0 Å². The number of amides is 1. The van der Waals surface area contributed by atoms with Gasteiger partial charge in [-0.2, -0.15) is 0 Å². The Hall–Kier alpha value is -1.40. The van der Waals surface area contributed by atoms with E-state index in [1.54, 1.807) is 0 Å². The van der Waals surface area contributed by atoms with Gasteiger partial charge in [-0.3, -0.25) is 9.59 Å². The molecule has 83 heavy (non-hydrogen) atoms. The number of ether oxygens (including phenoxy) is 1. The third-order valence-electron chi connectivity index (χ3n) is 18.3.